The van der Waals surface area contributed by atoms with Crippen molar-refractivity contribution in [1.29, 1.82) is 0 Å². The molecule has 3 aliphatic rings. The van der Waals surface area contributed by atoms with Gasteiger partial charge in [0, 0.05) is 61.0 Å². The van der Waals surface area contributed by atoms with E-state index in [1.54, 1.807) is 0 Å². The molecule has 0 N–H and O–H groups in total. The third kappa shape index (κ3) is 9.07. The number of hydrogen-bond donors (Lipinski definition) is 0. The summed E-state index contributed by atoms with van der Waals surface area (Å²) >= 11 is 0. The lowest BCUT2D eigenvalue weighted by molar-refractivity contribution is 0.0956. The Bertz CT molecular complexity index is 1540. The molecule has 3 unspecified atom stereocenters. The second kappa shape index (κ2) is 19.7. The van der Waals surface area contributed by atoms with Crippen LogP contribution in [0.4, 0.5) is 0 Å². The average molecular weight is 652 g/mol. The van der Waals surface area contributed by atoms with Crippen molar-refractivity contribution >= 4 is 16.5 Å². The molecule has 1 saturated carbocycles. The summed E-state index contributed by atoms with van der Waals surface area (Å²) in [4.78, 5) is 19.1. The summed E-state index contributed by atoms with van der Waals surface area (Å²) in [5.74, 6) is 0.865. The summed E-state index contributed by atoms with van der Waals surface area (Å²) in [6.07, 6.45) is 18.1. The number of pyridine rings is 1. The standard InChI is InChI=1S/C38H47N3O.3C2H6/c1-4-6-14-34(15-7-5-2)41-36(26-31-12-8-9-16-35(31)37(41)42)29(3)40-24-22-39(23-25-40)28-30-17-19-32(20-18-30)38-21-11-10-13-33(38)27-38;3*1-2/h4,6,8-9,11-12,14,16-21,26,29,33H,5,7,10,13,15,22-25,27-28H2,1-3H3;3*1-2H3/b6-4-,34-14+;;;. The minimum atomic E-state index is 0.102. The Labute approximate surface area is 293 Å². The van der Waals surface area contributed by atoms with E-state index in [9.17, 15) is 4.79 Å². The highest BCUT2D eigenvalue weighted by Crippen LogP contribution is 2.59. The van der Waals surface area contributed by atoms with Gasteiger partial charge in [0.05, 0.1) is 0 Å². The summed E-state index contributed by atoms with van der Waals surface area (Å²) < 4.78 is 2.03. The number of aromatic nitrogens is 1. The Hall–Kier alpha value is -3.21. The van der Waals surface area contributed by atoms with Gasteiger partial charge in [-0.15, -0.1) is 0 Å². The summed E-state index contributed by atoms with van der Waals surface area (Å²) in [5.41, 5.74) is 5.56. The van der Waals surface area contributed by atoms with Gasteiger partial charge in [-0.1, -0.05) is 122 Å². The first-order valence-electron chi connectivity index (χ1n) is 19.2. The van der Waals surface area contributed by atoms with Crippen LogP contribution in [-0.4, -0.2) is 40.5 Å². The van der Waals surface area contributed by atoms with Gasteiger partial charge in [0.25, 0.3) is 5.56 Å². The van der Waals surface area contributed by atoms with Crippen molar-refractivity contribution in [2.45, 2.75) is 119 Å². The van der Waals surface area contributed by atoms with E-state index in [4.69, 9.17) is 0 Å². The van der Waals surface area contributed by atoms with Crippen LogP contribution in [0.5, 0.6) is 0 Å². The Morgan fingerprint density at radius 1 is 0.958 bits per heavy atom. The topological polar surface area (TPSA) is 28.5 Å². The number of rotatable bonds is 10. The molecule has 2 heterocycles. The van der Waals surface area contributed by atoms with Gasteiger partial charge in [-0.3, -0.25) is 19.2 Å². The number of nitrogens with zero attached hydrogens (tertiary/aromatic N) is 3. The fourth-order valence-corrected chi connectivity index (χ4v) is 7.35. The number of unbranched alkanes of at least 4 members (excludes halogenated alkanes) is 1. The van der Waals surface area contributed by atoms with Crippen molar-refractivity contribution in [3.63, 3.8) is 0 Å². The van der Waals surface area contributed by atoms with E-state index in [1.165, 1.54) is 30.4 Å². The molecule has 2 aromatic carbocycles. The summed E-state index contributed by atoms with van der Waals surface area (Å²) in [6, 6.07) is 20.0. The van der Waals surface area contributed by atoms with Crippen LogP contribution in [0.2, 0.25) is 0 Å². The van der Waals surface area contributed by atoms with Crippen LogP contribution in [0.15, 0.2) is 89.8 Å². The van der Waals surface area contributed by atoms with E-state index >= 15 is 0 Å². The second-order valence-electron chi connectivity index (χ2n) is 12.7. The molecular formula is C44H65N3O. The first kappa shape index (κ1) is 39.2. The van der Waals surface area contributed by atoms with Gasteiger partial charge in [0.15, 0.2) is 0 Å². The van der Waals surface area contributed by atoms with Gasteiger partial charge in [0.1, 0.15) is 0 Å². The first-order chi connectivity index (χ1) is 23.5. The van der Waals surface area contributed by atoms with Crippen molar-refractivity contribution in [2.75, 3.05) is 26.2 Å². The van der Waals surface area contributed by atoms with E-state index < -0.39 is 0 Å². The SMILES string of the molecule is C/C=C\C=C(/CCCC)n1c(C(C)N2CCN(Cc3ccc(C45C=CCCC4C5)cc3)CC2)cc2ccccc2c1=O.CC.CC.CC. The minimum Gasteiger partial charge on any atom is -0.297 e. The molecule has 1 aliphatic heterocycles. The Morgan fingerprint density at radius 3 is 2.29 bits per heavy atom. The van der Waals surface area contributed by atoms with Crippen LogP contribution in [0.1, 0.15) is 124 Å². The lowest BCUT2D eigenvalue weighted by atomic mass is 9.87. The monoisotopic (exact) mass is 652 g/mol. The molecule has 0 amide bonds. The molecule has 0 bridgehead atoms. The molecule has 6 rings (SSSR count). The van der Waals surface area contributed by atoms with Crippen LogP contribution in [-0.2, 0) is 12.0 Å². The predicted octanol–water partition coefficient (Wildman–Crippen LogP) is 11.2. The first-order valence-corrected chi connectivity index (χ1v) is 19.2. The van der Waals surface area contributed by atoms with Gasteiger partial charge in [0.2, 0.25) is 0 Å². The van der Waals surface area contributed by atoms with Gasteiger partial charge in [-0.25, -0.2) is 0 Å². The molecule has 1 aromatic heterocycles. The maximum Gasteiger partial charge on any atom is 0.262 e. The lowest BCUT2D eigenvalue weighted by Gasteiger charge is -2.39. The predicted molar refractivity (Wildman–Crippen MR) is 211 cm³/mol. The average Bonchev–Trinajstić information content (AvgIpc) is 3.91. The van der Waals surface area contributed by atoms with Crippen molar-refractivity contribution < 1.29 is 0 Å². The van der Waals surface area contributed by atoms with Crippen molar-refractivity contribution in [3.05, 3.63) is 112 Å². The third-order valence-electron chi connectivity index (χ3n) is 10.0. The highest BCUT2D eigenvalue weighted by Gasteiger charge is 2.53. The number of allylic oxidation sites excluding steroid dienone is 6. The van der Waals surface area contributed by atoms with Crippen molar-refractivity contribution in [3.8, 4) is 0 Å². The molecule has 1 saturated heterocycles. The van der Waals surface area contributed by atoms with E-state index in [-0.39, 0.29) is 11.6 Å². The molecule has 2 aliphatic carbocycles. The molecule has 2 fully saturated rings. The van der Waals surface area contributed by atoms with E-state index in [2.05, 4.69) is 84.3 Å². The van der Waals surface area contributed by atoms with Crippen LogP contribution in [0, 0.1) is 5.92 Å². The zero-order valence-corrected chi connectivity index (χ0v) is 31.8. The summed E-state index contributed by atoms with van der Waals surface area (Å²) in [7, 11) is 0. The smallest absolute Gasteiger partial charge is 0.262 e. The summed E-state index contributed by atoms with van der Waals surface area (Å²) in [6.45, 7) is 23.6. The maximum atomic E-state index is 14.0. The lowest BCUT2D eigenvalue weighted by Crippen LogP contribution is -2.47. The molecule has 3 atom stereocenters. The quantitative estimate of drug-likeness (QED) is 0.161. The Balaban J connectivity index is 0.000000987. The zero-order valence-electron chi connectivity index (χ0n) is 31.8. The van der Waals surface area contributed by atoms with Crippen molar-refractivity contribution in [1.82, 2.24) is 14.4 Å². The molecule has 3 aromatic rings. The molecule has 48 heavy (non-hydrogen) atoms. The largest absolute Gasteiger partial charge is 0.297 e. The Kier molecular flexibility index (Phi) is 16.1. The Morgan fingerprint density at radius 2 is 1.65 bits per heavy atom. The minimum absolute atomic E-state index is 0.102. The molecule has 262 valence electrons. The molecule has 4 nitrogen and oxygen atoms in total. The number of hydrogen-bond acceptors (Lipinski definition) is 3. The fraction of sp³-hybridized carbons (Fsp3) is 0.523. The van der Waals surface area contributed by atoms with Gasteiger partial charge in [-0.05, 0) is 86.6 Å². The van der Waals surface area contributed by atoms with Gasteiger partial charge in [-0.2, -0.15) is 0 Å². The van der Waals surface area contributed by atoms with E-state index in [0.717, 1.165) is 80.1 Å². The summed E-state index contributed by atoms with van der Waals surface area (Å²) in [5, 5.41) is 1.83. The second-order valence-corrected chi connectivity index (χ2v) is 12.7. The van der Waals surface area contributed by atoms with E-state index in [0.29, 0.717) is 5.41 Å². The van der Waals surface area contributed by atoms with Crippen LogP contribution in [0.3, 0.4) is 0 Å². The zero-order chi connectivity index (χ0) is 35.1. The number of benzene rings is 2. The highest BCUT2D eigenvalue weighted by molar-refractivity contribution is 5.83. The van der Waals surface area contributed by atoms with E-state index in [1.807, 2.05) is 77.3 Å². The van der Waals surface area contributed by atoms with Crippen LogP contribution < -0.4 is 5.56 Å². The van der Waals surface area contributed by atoms with Crippen LogP contribution >= 0.6 is 0 Å². The van der Waals surface area contributed by atoms with Crippen molar-refractivity contribution in [2.24, 2.45) is 5.92 Å². The molecule has 0 radical (unpaired) electrons. The highest BCUT2D eigenvalue weighted by atomic mass is 16.1. The normalized spacial score (nSPS) is 21.3. The van der Waals surface area contributed by atoms with Gasteiger partial charge >= 0.3 is 0 Å². The number of piperazine rings is 1. The number of fused-ring (bicyclic) bond motifs is 2. The molecular weight excluding hydrogens is 587 g/mol. The third-order valence-corrected chi connectivity index (χ3v) is 10.0. The molecule has 4 heteroatoms. The fourth-order valence-electron chi connectivity index (χ4n) is 7.35. The molecule has 0 spiro atoms. The maximum absolute atomic E-state index is 14.0. The van der Waals surface area contributed by atoms with Crippen LogP contribution in [0.25, 0.3) is 16.5 Å². The van der Waals surface area contributed by atoms with Gasteiger partial charge < -0.3 is 0 Å².